The van der Waals surface area contributed by atoms with E-state index >= 15 is 0 Å². The summed E-state index contributed by atoms with van der Waals surface area (Å²) in [6, 6.07) is 2.37. The lowest BCUT2D eigenvalue weighted by atomic mass is 9.73. The fourth-order valence-electron chi connectivity index (χ4n) is 3.34. The third-order valence-electron chi connectivity index (χ3n) is 5.01. The smallest absolute Gasteiger partial charge is 0.0625 e. The molecule has 0 aromatic carbocycles. The maximum Gasteiger partial charge on any atom is 0.0625 e. The van der Waals surface area contributed by atoms with Gasteiger partial charge in [-0.2, -0.15) is 5.10 Å². The second-order valence-electron chi connectivity index (χ2n) is 6.28. The molecule has 3 nitrogen and oxygen atoms in total. The highest BCUT2D eigenvalue weighted by Crippen LogP contribution is 2.38. The molecule has 1 aliphatic carbocycles. The van der Waals surface area contributed by atoms with Crippen molar-refractivity contribution < 1.29 is 0 Å². The van der Waals surface area contributed by atoms with Crippen molar-refractivity contribution in [3.8, 4) is 0 Å². The second-order valence-corrected chi connectivity index (χ2v) is 6.28. The van der Waals surface area contributed by atoms with Crippen LogP contribution in [0.4, 0.5) is 0 Å². The van der Waals surface area contributed by atoms with Crippen molar-refractivity contribution in [3.05, 3.63) is 17.5 Å². The molecular weight excluding hydrogens is 234 g/mol. The summed E-state index contributed by atoms with van der Waals surface area (Å²) in [7, 11) is 0. The maximum atomic E-state index is 6.56. The Morgan fingerprint density at radius 1 is 1.32 bits per heavy atom. The topological polar surface area (TPSA) is 43.8 Å². The van der Waals surface area contributed by atoms with Crippen LogP contribution in [0.1, 0.15) is 64.4 Å². The lowest BCUT2D eigenvalue weighted by Crippen LogP contribution is -2.30. The first-order chi connectivity index (χ1) is 9.06. The molecule has 0 radical (unpaired) electrons. The molecule has 0 spiro atoms. The molecule has 3 heteroatoms. The number of hydrogen-bond donors (Lipinski definition) is 1. The van der Waals surface area contributed by atoms with Crippen molar-refractivity contribution in [1.29, 1.82) is 0 Å². The zero-order chi connectivity index (χ0) is 14.0. The van der Waals surface area contributed by atoms with Gasteiger partial charge in [-0.1, -0.05) is 27.2 Å². The van der Waals surface area contributed by atoms with Crippen LogP contribution in [0.5, 0.6) is 0 Å². The van der Waals surface area contributed by atoms with E-state index in [1.54, 1.807) is 0 Å². The number of hydrogen-bond acceptors (Lipinski definition) is 2. The molecule has 108 valence electrons. The lowest BCUT2D eigenvalue weighted by Gasteiger charge is -2.35. The summed E-state index contributed by atoms with van der Waals surface area (Å²) in [6.45, 7) is 9.97. The van der Waals surface area contributed by atoms with Gasteiger partial charge in [0.15, 0.2) is 0 Å². The van der Waals surface area contributed by atoms with E-state index in [0.717, 1.165) is 24.8 Å². The first-order valence-corrected chi connectivity index (χ1v) is 7.88. The molecule has 0 bridgehead atoms. The van der Waals surface area contributed by atoms with E-state index in [1.165, 1.54) is 30.7 Å². The number of nitrogens with two attached hydrogens (primary N) is 1. The van der Waals surface area contributed by atoms with Gasteiger partial charge < -0.3 is 5.73 Å². The number of aromatic nitrogens is 2. The molecule has 1 saturated carbocycles. The minimum Gasteiger partial charge on any atom is -0.322 e. The Labute approximate surface area is 117 Å². The molecule has 2 N–H and O–H groups in total. The van der Waals surface area contributed by atoms with Crippen molar-refractivity contribution in [2.24, 2.45) is 23.5 Å². The summed E-state index contributed by atoms with van der Waals surface area (Å²) in [4.78, 5) is 0. The third kappa shape index (κ3) is 3.02. The van der Waals surface area contributed by atoms with E-state index in [0.29, 0.717) is 5.92 Å². The minimum absolute atomic E-state index is 0.155. The molecule has 1 aromatic rings. The normalized spacial score (nSPS) is 29.4. The van der Waals surface area contributed by atoms with Crippen LogP contribution in [-0.2, 0) is 13.0 Å². The van der Waals surface area contributed by atoms with Crippen LogP contribution in [0.3, 0.4) is 0 Å². The fraction of sp³-hybridized carbons (Fsp3) is 0.812. The molecule has 0 saturated heterocycles. The predicted molar refractivity (Wildman–Crippen MR) is 79.9 cm³/mol. The molecule has 19 heavy (non-hydrogen) atoms. The van der Waals surface area contributed by atoms with E-state index in [-0.39, 0.29) is 6.04 Å². The Hall–Kier alpha value is -0.830. The first-order valence-electron chi connectivity index (χ1n) is 7.88. The summed E-state index contributed by atoms with van der Waals surface area (Å²) in [6.07, 6.45) is 4.84. The molecule has 2 rings (SSSR count). The summed E-state index contributed by atoms with van der Waals surface area (Å²) in [5.41, 5.74) is 8.97. The van der Waals surface area contributed by atoms with Gasteiger partial charge in [0, 0.05) is 12.6 Å². The summed E-state index contributed by atoms with van der Waals surface area (Å²) < 4.78 is 2.10. The summed E-state index contributed by atoms with van der Waals surface area (Å²) in [5, 5.41) is 4.63. The average molecular weight is 263 g/mol. The van der Waals surface area contributed by atoms with Gasteiger partial charge in [-0.15, -0.1) is 0 Å². The molecule has 1 aromatic heterocycles. The van der Waals surface area contributed by atoms with E-state index in [9.17, 15) is 0 Å². The van der Waals surface area contributed by atoms with Crippen LogP contribution in [0, 0.1) is 17.8 Å². The van der Waals surface area contributed by atoms with E-state index in [1.807, 2.05) is 0 Å². The van der Waals surface area contributed by atoms with Gasteiger partial charge in [0.1, 0.15) is 0 Å². The van der Waals surface area contributed by atoms with Gasteiger partial charge in [-0.25, -0.2) is 0 Å². The standard InChI is InChI=1S/C16H29N3/c1-5-14-10-15(19(6-2)18-14)16(17)13-8-7-11(3)12(4)9-13/h10-13,16H,5-9,17H2,1-4H3. The molecule has 4 atom stereocenters. The minimum atomic E-state index is 0.155. The van der Waals surface area contributed by atoms with Crippen molar-refractivity contribution in [2.45, 2.75) is 66.0 Å². The van der Waals surface area contributed by atoms with Crippen molar-refractivity contribution >= 4 is 0 Å². The van der Waals surface area contributed by atoms with Gasteiger partial charge in [0.05, 0.1) is 11.4 Å². The van der Waals surface area contributed by atoms with Crippen LogP contribution in [0.25, 0.3) is 0 Å². The SMILES string of the molecule is CCc1cc(C(N)C2CCC(C)C(C)C2)n(CC)n1. The van der Waals surface area contributed by atoms with Crippen molar-refractivity contribution in [3.63, 3.8) is 0 Å². The largest absolute Gasteiger partial charge is 0.322 e. The Morgan fingerprint density at radius 3 is 2.63 bits per heavy atom. The molecule has 0 aliphatic heterocycles. The monoisotopic (exact) mass is 263 g/mol. The second kappa shape index (κ2) is 6.08. The zero-order valence-corrected chi connectivity index (χ0v) is 12.9. The van der Waals surface area contributed by atoms with Gasteiger partial charge >= 0.3 is 0 Å². The number of aryl methyl sites for hydroxylation is 2. The molecular formula is C16H29N3. The molecule has 4 unspecified atom stereocenters. The van der Waals surface area contributed by atoms with Crippen molar-refractivity contribution in [1.82, 2.24) is 9.78 Å². The fourth-order valence-corrected chi connectivity index (χ4v) is 3.34. The van der Waals surface area contributed by atoms with Crippen molar-refractivity contribution in [2.75, 3.05) is 0 Å². The van der Waals surface area contributed by atoms with E-state index in [4.69, 9.17) is 5.73 Å². The molecule has 1 fully saturated rings. The quantitative estimate of drug-likeness (QED) is 0.903. The summed E-state index contributed by atoms with van der Waals surface area (Å²) in [5.74, 6) is 2.28. The Morgan fingerprint density at radius 2 is 2.05 bits per heavy atom. The van der Waals surface area contributed by atoms with Crippen LogP contribution >= 0.6 is 0 Å². The van der Waals surface area contributed by atoms with Crippen LogP contribution in [-0.4, -0.2) is 9.78 Å². The Bertz CT molecular complexity index is 410. The third-order valence-corrected chi connectivity index (χ3v) is 5.01. The van der Waals surface area contributed by atoms with Crippen LogP contribution in [0.2, 0.25) is 0 Å². The zero-order valence-electron chi connectivity index (χ0n) is 12.9. The highest BCUT2D eigenvalue weighted by Gasteiger charge is 2.30. The molecule has 1 heterocycles. The van der Waals surface area contributed by atoms with Crippen LogP contribution < -0.4 is 5.73 Å². The Kier molecular flexibility index (Phi) is 4.67. The average Bonchev–Trinajstić information content (AvgIpc) is 2.84. The molecule has 1 aliphatic rings. The first kappa shape index (κ1) is 14.6. The highest BCUT2D eigenvalue weighted by atomic mass is 15.3. The molecule has 0 amide bonds. The number of nitrogens with zero attached hydrogens (tertiary/aromatic N) is 2. The highest BCUT2D eigenvalue weighted by molar-refractivity contribution is 5.15. The summed E-state index contributed by atoms with van der Waals surface area (Å²) >= 11 is 0. The number of rotatable bonds is 4. The lowest BCUT2D eigenvalue weighted by molar-refractivity contribution is 0.182. The van der Waals surface area contributed by atoms with E-state index in [2.05, 4.69) is 43.5 Å². The maximum absolute atomic E-state index is 6.56. The van der Waals surface area contributed by atoms with Gasteiger partial charge in [0.2, 0.25) is 0 Å². The van der Waals surface area contributed by atoms with Gasteiger partial charge in [-0.3, -0.25) is 4.68 Å². The Balaban J connectivity index is 2.14. The van der Waals surface area contributed by atoms with Gasteiger partial charge in [0.25, 0.3) is 0 Å². The van der Waals surface area contributed by atoms with Gasteiger partial charge in [-0.05, 0) is 50.0 Å². The van der Waals surface area contributed by atoms with E-state index < -0.39 is 0 Å². The predicted octanol–water partition coefficient (Wildman–Crippen LogP) is 3.54. The van der Waals surface area contributed by atoms with Crippen LogP contribution in [0.15, 0.2) is 6.07 Å².